The number of cyclic esters (lactones) is 2. The van der Waals surface area contributed by atoms with E-state index in [0.717, 1.165) is 6.08 Å². The predicted molar refractivity (Wildman–Crippen MR) is 97.4 cm³/mol. The number of aliphatic hydroxyl groups excluding tert-OH is 1. The normalized spacial score (nSPS) is 23.0. The highest BCUT2D eigenvalue weighted by Gasteiger charge is 2.37. The van der Waals surface area contributed by atoms with Crippen LogP contribution in [0, 0.1) is 5.92 Å². The van der Waals surface area contributed by atoms with Gasteiger partial charge in [-0.25, -0.2) is 9.59 Å². The largest absolute Gasteiger partial charge is 0.507 e. The first-order valence-electron chi connectivity index (χ1n) is 9.15. The minimum absolute atomic E-state index is 0.136. The van der Waals surface area contributed by atoms with Crippen LogP contribution >= 0.6 is 0 Å². The van der Waals surface area contributed by atoms with Crippen LogP contribution in [0.5, 0.6) is 5.75 Å². The molecule has 0 fully saturated rings. The lowest BCUT2D eigenvalue weighted by Gasteiger charge is -2.33. The monoisotopic (exact) mass is 389 g/mol. The third-order valence-electron chi connectivity index (χ3n) is 4.77. The molecule has 0 aromatic heterocycles. The molecule has 0 saturated carbocycles. The number of aromatic hydroxyl groups is 1. The lowest BCUT2D eigenvalue weighted by atomic mass is 9.90. The molecular weight excluding hydrogens is 366 g/mol. The van der Waals surface area contributed by atoms with Gasteiger partial charge in [-0.05, 0) is 30.0 Å². The van der Waals surface area contributed by atoms with E-state index in [9.17, 15) is 24.6 Å². The number of carbonyl (C=O) groups is 3. The molecule has 1 aromatic rings. The molecule has 0 saturated heterocycles. The Hall–Kier alpha value is -2.87. The van der Waals surface area contributed by atoms with E-state index < -0.39 is 42.2 Å². The topological polar surface area (TPSA) is 122 Å². The van der Waals surface area contributed by atoms with Gasteiger partial charge in [0.15, 0.2) is 12.2 Å². The second kappa shape index (κ2) is 8.02. The molecule has 150 valence electrons. The summed E-state index contributed by atoms with van der Waals surface area (Å²) in [5.74, 6) is -1.95. The molecule has 0 aliphatic carbocycles. The molecule has 28 heavy (non-hydrogen) atoms. The average molecular weight is 389 g/mol. The minimum Gasteiger partial charge on any atom is -0.507 e. The molecule has 1 aromatic carbocycles. The van der Waals surface area contributed by atoms with E-state index >= 15 is 0 Å². The van der Waals surface area contributed by atoms with Crippen LogP contribution in [0.4, 0.5) is 0 Å². The van der Waals surface area contributed by atoms with Gasteiger partial charge in [0.1, 0.15) is 17.4 Å². The van der Waals surface area contributed by atoms with E-state index in [1.165, 1.54) is 12.1 Å². The lowest BCUT2D eigenvalue weighted by Crippen LogP contribution is -2.53. The lowest BCUT2D eigenvalue weighted by molar-refractivity contribution is -0.148. The maximum atomic E-state index is 12.5. The number of phenols is 1. The van der Waals surface area contributed by atoms with E-state index in [-0.39, 0.29) is 17.2 Å². The van der Waals surface area contributed by atoms with Gasteiger partial charge < -0.3 is 25.0 Å². The molecule has 2 aliphatic rings. The maximum Gasteiger partial charge on any atom is 0.342 e. The van der Waals surface area contributed by atoms with Gasteiger partial charge in [0.2, 0.25) is 0 Å². The summed E-state index contributed by atoms with van der Waals surface area (Å²) in [6.45, 7) is 3.92. The van der Waals surface area contributed by atoms with Crippen LogP contribution in [-0.4, -0.2) is 52.4 Å². The van der Waals surface area contributed by atoms with Gasteiger partial charge >= 0.3 is 11.9 Å². The number of hydrogen-bond donors (Lipinski definition) is 3. The van der Waals surface area contributed by atoms with Gasteiger partial charge in [0.25, 0.3) is 5.91 Å². The Kier molecular flexibility index (Phi) is 5.69. The molecule has 4 atom stereocenters. The quantitative estimate of drug-likeness (QED) is 0.617. The zero-order valence-corrected chi connectivity index (χ0v) is 15.6. The highest BCUT2D eigenvalue weighted by atomic mass is 16.6. The second-order valence-corrected chi connectivity index (χ2v) is 7.41. The number of rotatable bonds is 6. The first kappa shape index (κ1) is 19.9. The molecule has 0 spiro atoms. The number of benzene rings is 1. The third-order valence-corrected chi connectivity index (χ3v) is 4.77. The Bertz CT molecular complexity index is 817. The van der Waals surface area contributed by atoms with Crippen molar-refractivity contribution in [2.45, 2.75) is 51.0 Å². The molecule has 0 bridgehead atoms. The number of amides is 1. The van der Waals surface area contributed by atoms with E-state index in [1.54, 1.807) is 12.1 Å². The summed E-state index contributed by atoms with van der Waals surface area (Å²) in [7, 11) is 0. The Labute approximate surface area is 162 Å². The van der Waals surface area contributed by atoms with Gasteiger partial charge in [-0.3, -0.25) is 4.79 Å². The van der Waals surface area contributed by atoms with E-state index in [1.807, 2.05) is 13.8 Å². The fourth-order valence-electron chi connectivity index (χ4n) is 3.46. The average Bonchev–Trinajstić information content (AvgIpc) is 3.06. The van der Waals surface area contributed by atoms with Crippen LogP contribution in [-0.2, 0) is 25.5 Å². The molecule has 1 amide bonds. The predicted octanol–water partition coefficient (Wildman–Crippen LogP) is 0.847. The van der Waals surface area contributed by atoms with Gasteiger partial charge in [-0.1, -0.05) is 26.0 Å². The molecule has 3 rings (SSSR count). The van der Waals surface area contributed by atoms with Crippen molar-refractivity contribution in [3.05, 3.63) is 41.5 Å². The summed E-state index contributed by atoms with van der Waals surface area (Å²) in [5.41, 5.74) is 0.772. The van der Waals surface area contributed by atoms with E-state index in [2.05, 4.69) is 5.32 Å². The fourth-order valence-corrected chi connectivity index (χ4v) is 3.46. The first-order chi connectivity index (χ1) is 13.3. The van der Waals surface area contributed by atoms with Crippen LogP contribution < -0.4 is 5.32 Å². The fraction of sp³-hybridized carbons (Fsp3) is 0.450. The van der Waals surface area contributed by atoms with Crippen LogP contribution in [0.25, 0.3) is 0 Å². The molecule has 8 heteroatoms. The second-order valence-electron chi connectivity index (χ2n) is 7.41. The number of carbonyl (C=O) groups excluding carboxylic acids is 3. The summed E-state index contributed by atoms with van der Waals surface area (Å²) in [5, 5.41) is 22.8. The minimum atomic E-state index is -1.56. The van der Waals surface area contributed by atoms with Crippen molar-refractivity contribution in [3.63, 3.8) is 0 Å². The van der Waals surface area contributed by atoms with Crippen LogP contribution in [0.1, 0.15) is 36.2 Å². The summed E-state index contributed by atoms with van der Waals surface area (Å²) in [4.78, 5) is 36.0. The molecule has 2 heterocycles. The highest BCUT2D eigenvalue weighted by molar-refractivity contribution is 5.95. The third kappa shape index (κ3) is 4.17. The SMILES string of the molecule is CC(C)C[C@H](NC(=O)C(O)C1C=CC(=O)O1)[C@@H]1Cc2cccc(O)c2C(=O)O1. The molecule has 0 radical (unpaired) electrons. The molecule has 3 N–H and O–H groups in total. The highest BCUT2D eigenvalue weighted by Crippen LogP contribution is 2.30. The van der Waals surface area contributed by atoms with Gasteiger partial charge in [-0.2, -0.15) is 0 Å². The number of fused-ring (bicyclic) bond motifs is 1. The van der Waals surface area contributed by atoms with Crippen LogP contribution in [0.3, 0.4) is 0 Å². The number of phenolic OH excluding ortho intramolecular Hbond substituents is 1. The molecule has 2 unspecified atom stereocenters. The zero-order chi connectivity index (χ0) is 20.4. The summed E-state index contributed by atoms with van der Waals surface area (Å²) >= 11 is 0. The van der Waals surface area contributed by atoms with Crippen molar-refractivity contribution in [2.75, 3.05) is 0 Å². The van der Waals surface area contributed by atoms with Crippen molar-refractivity contribution < 1.29 is 34.1 Å². The number of ether oxygens (including phenoxy) is 2. The molecule has 2 aliphatic heterocycles. The first-order valence-corrected chi connectivity index (χ1v) is 9.15. The van der Waals surface area contributed by atoms with Gasteiger partial charge in [0.05, 0.1) is 6.04 Å². The van der Waals surface area contributed by atoms with Crippen molar-refractivity contribution in [1.82, 2.24) is 5.32 Å². The van der Waals surface area contributed by atoms with Crippen molar-refractivity contribution >= 4 is 17.8 Å². The summed E-state index contributed by atoms with van der Waals surface area (Å²) < 4.78 is 10.3. The summed E-state index contributed by atoms with van der Waals surface area (Å²) in [6.07, 6.45) is 0.0450. The van der Waals surface area contributed by atoms with Crippen molar-refractivity contribution in [2.24, 2.45) is 5.92 Å². The number of nitrogens with one attached hydrogen (secondary N) is 1. The molecular formula is C20H23NO7. The Morgan fingerprint density at radius 3 is 2.68 bits per heavy atom. The smallest absolute Gasteiger partial charge is 0.342 e. The van der Waals surface area contributed by atoms with Crippen LogP contribution in [0.15, 0.2) is 30.4 Å². The Morgan fingerprint density at radius 2 is 2.04 bits per heavy atom. The van der Waals surface area contributed by atoms with Gasteiger partial charge in [0, 0.05) is 12.5 Å². The number of aliphatic hydroxyl groups is 1. The van der Waals surface area contributed by atoms with Crippen molar-refractivity contribution in [3.8, 4) is 5.75 Å². The van der Waals surface area contributed by atoms with Gasteiger partial charge in [-0.15, -0.1) is 0 Å². The number of esters is 2. The molecule has 8 nitrogen and oxygen atoms in total. The van der Waals surface area contributed by atoms with Crippen LogP contribution in [0.2, 0.25) is 0 Å². The Balaban J connectivity index is 1.75. The van der Waals surface area contributed by atoms with E-state index in [4.69, 9.17) is 9.47 Å². The number of hydrogen-bond acceptors (Lipinski definition) is 7. The Morgan fingerprint density at radius 1 is 1.29 bits per heavy atom. The van der Waals surface area contributed by atoms with E-state index in [0.29, 0.717) is 18.4 Å². The van der Waals surface area contributed by atoms with Crippen molar-refractivity contribution in [1.29, 1.82) is 0 Å². The standard InChI is InChI=1S/C20H23NO7/c1-10(2)8-12(21-19(25)18(24)14-6-7-16(23)27-14)15-9-11-4-3-5-13(22)17(11)20(26)28-15/h3-7,10,12,14-15,18,22,24H,8-9H2,1-2H3,(H,21,25)/t12-,14?,15-,18?/m0/s1. The summed E-state index contributed by atoms with van der Waals surface area (Å²) in [6, 6.07) is 4.24. The zero-order valence-electron chi connectivity index (χ0n) is 15.6. The maximum absolute atomic E-state index is 12.5.